The fourth-order valence-electron chi connectivity index (χ4n) is 8.65. The zero-order valence-electron chi connectivity index (χ0n) is 42.9. The molecule has 0 aliphatic rings. The smallest absolute Gasteiger partial charge is 0.0619 e. The van der Waals surface area contributed by atoms with Crippen molar-refractivity contribution in [2.75, 3.05) is 0 Å². The molecule has 24 heteroatoms. The molecule has 8 aromatic rings. The summed E-state index contributed by atoms with van der Waals surface area (Å²) in [5.41, 5.74) is -13.1. The molecule has 8 aromatic carbocycles. The normalized spacial score (nSPS) is 13.7. The molecule has 81 heavy (non-hydrogen) atoms. The molecule has 0 bridgehead atoms. The van der Waals surface area contributed by atoms with Crippen molar-refractivity contribution >= 4 is 71.2 Å². The summed E-state index contributed by atoms with van der Waals surface area (Å²) in [6, 6.07) is 49.8. The van der Waals surface area contributed by atoms with E-state index in [9.17, 15) is 64.8 Å². The molecule has 8 rings (SSSR count). The van der Waals surface area contributed by atoms with Crippen LogP contribution in [-0.4, -0.2) is 41.8 Å². The molecule has 0 unspecified atom stereocenters. The van der Waals surface area contributed by atoms with Gasteiger partial charge >= 0.3 is 334 Å². The summed E-state index contributed by atoms with van der Waals surface area (Å²) in [7, 11) is -25.8. The van der Waals surface area contributed by atoms with Crippen LogP contribution in [0, 0.1) is 34.8 Å². The van der Waals surface area contributed by atoms with E-state index in [4.69, 9.17) is 9.77 Å². The van der Waals surface area contributed by atoms with E-state index in [1.54, 1.807) is 149 Å². The molecular weight excluding hydrogens is 1290 g/mol. The van der Waals surface area contributed by atoms with Crippen LogP contribution >= 0.6 is 40.9 Å². The van der Waals surface area contributed by atoms with Crippen LogP contribution in [0.15, 0.2) is 223 Å². The molecule has 0 spiro atoms. The molecule has 0 aliphatic heterocycles. The third-order valence-corrected chi connectivity index (χ3v) is 30.0. The van der Waals surface area contributed by atoms with Gasteiger partial charge in [-0.3, -0.25) is 0 Å². The summed E-state index contributed by atoms with van der Waals surface area (Å²) in [5.74, 6) is 0. The van der Waals surface area contributed by atoms with Gasteiger partial charge in [-0.25, -0.2) is 0 Å². The van der Waals surface area contributed by atoms with E-state index in [0.29, 0.717) is 44.5 Å². The summed E-state index contributed by atoms with van der Waals surface area (Å²) in [5, 5.41) is 0. The van der Waals surface area contributed by atoms with Gasteiger partial charge in [0.05, 0.1) is 0 Å². The minimum atomic E-state index is -6.20. The molecule has 430 valence electrons. The molecule has 0 saturated heterocycles. The fourth-order valence-corrected chi connectivity index (χ4v) is 25.3. The number of hydrogen-bond acceptors (Lipinski definition) is 9. The third-order valence-electron chi connectivity index (χ3n) is 12.5. The third kappa shape index (κ3) is 12.8. The maximum absolute atomic E-state index is 14.2. The molecule has 9 nitrogen and oxygen atoms in total. The molecule has 0 amide bonds. The van der Waals surface area contributed by atoms with Gasteiger partial charge in [0, 0.05) is 0 Å². The average Bonchev–Trinajstić information content (AvgIpc) is 3.60. The Balaban J connectivity index is 1.09. The van der Waals surface area contributed by atoms with Crippen LogP contribution in [0.4, 0.5) is 39.5 Å². The molecule has 0 radical (unpaired) electrons. The predicted octanol–water partition coefficient (Wildman–Crippen LogP) is 16.6. The minimum Gasteiger partial charge on any atom is -0.0619 e. The summed E-state index contributed by atoms with van der Waals surface area (Å²) in [6.07, 6.45) is 0.315. The monoisotopic (exact) mass is 1330 g/mol. The maximum atomic E-state index is 14.2. The Morgan fingerprint density at radius 2 is 0.568 bits per heavy atom. The summed E-state index contributed by atoms with van der Waals surface area (Å²) in [4.78, 5) is 1.12. The average molecular weight is 1340 g/mol. The van der Waals surface area contributed by atoms with Crippen molar-refractivity contribution in [3.05, 3.63) is 246 Å². The molecule has 0 saturated carbocycles. The van der Waals surface area contributed by atoms with Crippen LogP contribution in [-0.2, 0) is 53.0 Å². The number of alkyl halides is 9. The van der Waals surface area contributed by atoms with Gasteiger partial charge in [-0.15, -0.1) is 0 Å². The first-order valence-corrected chi connectivity index (χ1v) is 34.3. The molecular formula is C57H48F9IO9S5. The Morgan fingerprint density at radius 1 is 0.333 bits per heavy atom. The van der Waals surface area contributed by atoms with E-state index in [1.165, 1.54) is 72.8 Å². The Labute approximate surface area is 474 Å². The van der Waals surface area contributed by atoms with Crippen molar-refractivity contribution in [1.82, 2.24) is 0 Å². The zero-order chi connectivity index (χ0) is 59.0. The molecule has 0 fully saturated rings. The van der Waals surface area contributed by atoms with E-state index in [2.05, 4.69) is 0 Å². The van der Waals surface area contributed by atoms with E-state index in [0.717, 1.165) is 0 Å². The van der Waals surface area contributed by atoms with Crippen molar-refractivity contribution in [2.45, 2.75) is 86.4 Å². The summed E-state index contributed by atoms with van der Waals surface area (Å²) < 4.78 is 220. The van der Waals surface area contributed by atoms with Gasteiger partial charge in [0.15, 0.2) is 0 Å². The Kier molecular flexibility index (Phi) is 17.8. The molecule has 0 heterocycles. The molecule has 0 N–H and O–H groups in total. The van der Waals surface area contributed by atoms with Crippen LogP contribution in [0.3, 0.4) is 0 Å². The second-order valence-corrected chi connectivity index (χ2v) is 33.5. The van der Waals surface area contributed by atoms with Gasteiger partial charge in [-0.2, -0.15) is 43.2 Å². The van der Waals surface area contributed by atoms with Gasteiger partial charge in [0.25, 0.3) is 0 Å². The van der Waals surface area contributed by atoms with Crippen molar-refractivity contribution in [2.24, 2.45) is 0 Å². The summed E-state index contributed by atoms with van der Waals surface area (Å²) >= 11 is -3.97. The van der Waals surface area contributed by atoms with Gasteiger partial charge in [0.1, 0.15) is 0 Å². The molecule has 0 aliphatic carbocycles. The van der Waals surface area contributed by atoms with Crippen LogP contribution in [0.25, 0.3) is 0 Å². The van der Waals surface area contributed by atoms with Crippen LogP contribution < -0.4 is 0 Å². The first kappa shape index (κ1) is 61.4. The standard InChI is InChI=1S/C57H48F9IO9S5/c1-39-13-5-9-17-51(39)77(52-18-10-6-14-40(52)2,75-80(70,71)56(61,62)63)49-33-25-45(26-34-49)37-43-21-29-47(30-22-43)67(74-79(68,69)55(58,59)60)48-31-23-44(24-32-48)38-46-27-35-50(36-28-46)78(53-19-11-7-15-41(53)3,54-20-12-8-16-42(54)4)76-81(72,73)57(64,65)66/h5-36H,37-38H2,1-4H3. The first-order valence-electron chi connectivity index (χ1n) is 23.9. The van der Waals surface area contributed by atoms with E-state index >= 15 is 0 Å². The summed E-state index contributed by atoms with van der Waals surface area (Å²) in [6.45, 7) is 6.52. The van der Waals surface area contributed by atoms with Gasteiger partial charge in [-0.05, 0) is 27.7 Å². The van der Waals surface area contributed by atoms with E-state index < -0.39 is 87.7 Å². The van der Waals surface area contributed by atoms with Crippen molar-refractivity contribution in [1.29, 1.82) is 0 Å². The number of rotatable bonds is 18. The fraction of sp³-hybridized carbons (Fsp3) is 0.158. The van der Waals surface area contributed by atoms with E-state index in [1.807, 2.05) is 0 Å². The van der Waals surface area contributed by atoms with Crippen LogP contribution in [0.5, 0.6) is 0 Å². The number of benzene rings is 8. The predicted molar refractivity (Wildman–Crippen MR) is 300 cm³/mol. The Bertz CT molecular complexity index is 3590. The van der Waals surface area contributed by atoms with Crippen LogP contribution in [0.1, 0.15) is 44.5 Å². The quantitative estimate of drug-likeness (QED) is 0.0468. The zero-order valence-corrected chi connectivity index (χ0v) is 49.1. The topological polar surface area (TPSA) is 130 Å². The number of aryl methyl sites for hydroxylation is 4. The van der Waals surface area contributed by atoms with Gasteiger partial charge in [-0.1, -0.05) is 72.8 Å². The Morgan fingerprint density at radius 3 is 0.802 bits per heavy atom. The van der Waals surface area contributed by atoms with Gasteiger partial charge < -0.3 is 0 Å². The van der Waals surface area contributed by atoms with Gasteiger partial charge in [0.2, 0.25) is 0 Å². The second kappa shape index (κ2) is 23.5. The van der Waals surface area contributed by atoms with Crippen molar-refractivity contribution in [3.8, 4) is 0 Å². The SMILES string of the molecule is Cc1ccccc1S(OS(=O)(=O)C(F)(F)F)(c1ccc(Cc2ccc(I(OS(=O)(=O)C(F)(F)F)c3ccc(Cc4ccc(S(OS(=O)(=O)C(F)(F)F)(c5ccccc5C)c5ccccc5C)cc4)cc3)cc2)cc1)c1ccccc1C. The van der Waals surface area contributed by atoms with Crippen molar-refractivity contribution in [3.63, 3.8) is 0 Å². The number of halogens is 10. The number of hydrogen-bond donors (Lipinski definition) is 0. The van der Waals surface area contributed by atoms with E-state index in [-0.39, 0.29) is 49.4 Å². The van der Waals surface area contributed by atoms with Crippen molar-refractivity contribution < 1.29 is 74.5 Å². The minimum absolute atomic E-state index is 0.132. The Hall–Kier alpha value is -5.71. The first-order chi connectivity index (χ1) is 37.9. The van der Waals surface area contributed by atoms with Crippen LogP contribution in [0.2, 0.25) is 0 Å². The molecule has 0 atom stereocenters. The second-order valence-electron chi connectivity index (χ2n) is 18.2. The molecule has 0 aromatic heterocycles.